The number of likely N-dealkylation sites (N-methyl/N-ethyl adjacent to an activating group) is 2. The topological polar surface area (TPSA) is 60.9 Å². The van der Waals surface area contributed by atoms with Crippen molar-refractivity contribution in [3.63, 3.8) is 0 Å². The zero-order valence-corrected chi connectivity index (χ0v) is 11.6. The first-order chi connectivity index (χ1) is 8.70. The van der Waals surface area contributed by atoms with E-state index in [0.29, 0.717) is 17.8 Å². The number of amides is 1. The minimum Gasteiger partial charge on any atom is -0.389 e. The third-order valence-corrected chi connectivity index (χ3v) is 3.15. The Balaban J connectivity index is 2.33. The van der Waals surface area contributed by atoms with Gasteiger partial charge in [-0.2, -0.15) is 0 Å². The Labute approximate surface area is 112 Å². The Morgan fingerprint density at radius 3 is 2.53 bits per heavy atom. The summed E-state index contributed by atoms with van der Waals surface area (Å²) in [4.78, 5) is 26.5. The van der Waals surface area contributed by atoms with E-state index in [1.165, 1.54) is 4.90 Å². The third-order valence-electron chi connectivity index (χ3n) is 3.15. The first-order valence-electron chi connectivity index (χ1n) is 6.10. The second-order valence-electron chi connectivity index (χ2n) is 5.56. The maximum absolute atomic E-state index is 11.7. The van der Waals surface area contributed by atoms with Crippen LogP contribution >= 0.6 is 0 Å². The Hall–Kier alpha value is -1.88. The van der Waals surface area contributed by atoms with Gasteiger partial charge in [-0.25, -0.2) is 0 Å². The normalized spacial score (nSPS) is 14.9. The summed E-state index contributed by atoms with van der Waals surface area (Å²) >= 11 is 0. The number of Topliss-reactive ketones (excluding diaryl/α,β-unsaturated/α-hetero) is 1. The minimum absolute atomic E-state index is 0.438. The fraction of sp³-hybridized carbons (Fsp3) is 0.429. The standard InChI is InChI=1S/C14H18N2O3/c1-14(2,19)8-15(3)9-5-6-10-11(7-9)16(4)13(18)12(10)17/h5-7,19H,8H2,1-4H3. The maximum Gasteiger partial charge on any atom is 0.299 e. The van der Waals surface area contributed by atoms with Gasteiger partial charge in [-0.15, -0.1) is 0 Å². The molecule has 0 saturated carbocycles. The lowest BCUT2D eigenvalue weighted by Gasteiger charge is -2.27. The highest BCUT2D eigenvalue weighted by molar-refractivity contribution is 6.52. The number of ketones is 1. The van der Waals surface area contributed by atoms with Gasteiger partial charge in [0.2, 0.25) is 0 Å². The number of anilines is 2. The van der Waals surface area contributed by atoms with E-state index in [1.807, 2.05) is 11.9 Å². The molecule has 0 aliphatic carbocycles. The largest absolute Gasteiger partial charge is 0.389 e. The van der Waals surface area contributed by atoms with E-state index in [-0.39, 0.29) is 0 Å². The summed E-state index contributed by atoms with van der Waals surface area (Å²) in [6.07, 6.45) is 0. The zero-order valence-electron chi connectivity index (χ0n) is 11.6. The number of rotatable bonds is 3. The predicted octanol–water partition coefficient (Wildman–Crippen LogP) is 1.05. The fourth-order valence-electron chi connectivity index (χ4n) is 2.28. The number of aliphatic hydroxyl groups is 1. The molecule has 0 saturated heterocycles. The van der Waals surface area contributed by atoms with Crippen molar-refractivity contribution in [2.45, 2.75) is 19.4 Å². The number of nitrogens with zero attached hydrogens (tertiary/aromatic N) is 2. The van der Waals surface area contributed by atoms with E-state index < -0.39 is 17.3 Å². The third kappa shape index (κ3) is 2.46. The van der Waals surface area contributed by atoms with E-state index in [2.05, 4.69) is 0 Å². The van der Waals surface area contributed by atoms with E-state index in [1.54, 1.807) is 39.1 Å². The highest BCUT2D eigenvalue weighted by Crippen LogP contribution is 2.31. The number of fused-ring (bicyclic) bond motifs is 1. The lowest BCUT2D eigenvalue weighted by molar-refractivity contribution is -0.114. The average molecular weight is 262 g/mol. The lowest BCUT2D eigenvalue weighted by atomic mass is 10.1. The van der Waals surface area contributed by atoms with Gasteiger partial charge in [0.25, 0.3) is 11.7 Å². The van der Waals surface area contributed by atoms with Crippen LogP contribution in [0.2, 0.25) is 0 Å². The van der Waals surface area contributed by atoms with Gasteiger partial charge in [-0.1, -0.05) is 0 Å². The van der Waals surface area contributed by atoms with Crippen LogP contribution in [0.4, 0.5) is 11.4 Å². The van der Waals surface area contributed by atoms with Gasteiger partial charge >= 0.3 is 0 Å². The molecule has 1 amide bonds. The van der Waals surface area contributed by atoms with E-state index in [9.17, 15) is 14.7 Å². The van der Waals surface area contributed by atoms with Crippen LogP contribution in [0.3, 0.4) is 0 Å². The lowest BCUT2D eigenvalue weighted by Crippen LogP contribution is -2.36. The maximum atomic E-state index is 11.7. The molecule has 102 valence electrons. The molecule has 0 radical (unpaired) electrons. The molecule has 0 spiro atoms. The monoisotopic (exact) mass is 262 g/mol. The Morgan fingerprint density at radius 2 is 1.95 bits per heavy atom. The van der Waals surface area contributed by atoms with Gasteiger partial charge in [-0.3, -0.25) is 9.59 Å². The van der Waals surface area contributed by atoms with Crippen molar-refractivity contribution in [3.8, 4) is 0 Å². The second kappa shape index (κ2) is 4.35. The quantitative estimate of drug-likeness (QED) is 0.827. The van der Waals surface area contributed by atoms with E-state index in [0.717, 1.165) is 5.69 Å². The SMILES string of the molecule is CN(CC(C)(C)O)c1ccc2c(c1)N(C)C(=O)C2=O. The molecular formula is C14H18N2O3. The van der Waals surface area contributed by atoms with Gasteiger partial charge in [0.1, 0.15) is 0 Å². The molecule has 1 aliphatic heterocycles. The number of hydrogen-bond acceptors (Lipinski definition) is 4. The van der Waals surface area contributed by atoms with Gasteiger partial charge in [0.05, 0.1) is 16.9 Å². The number of carbonyl (C=O) groups excluding carboxylic acids is 2. The van der Waals surface area contributed by atoms with Crippen molar-refractivity contribution < 1.29 is 14.7 Å². The van der Waals surface area contributed by atoms with Crippen molar-refractivity contribution >= 4 is 23.1 Å². The van der Waals surface area contributed by atoms with Gasteiger partial charge in [0.15, 0.2) is 0 Å². The molecule has 0 bridgehead atoms. The van der Waals surface area contributed by atoms with E-state index in [4.69, 9.17) is 0 Å². The highest BCUT2D eigenvalue weighted by atomic mass is 16.3. The molecule has 19 heavy (non-hydrogen) atoms. The smallest absolute Gasteiger partial charge is 0.299 e. The van der Waals surface area contributed by atoms with Crippen molar-refractivity contribution in [1.29, 1.82) is 0 Å². The number of hydrogen-bond donors (Lipinski definition) is 1. The summed E-state index contributed by atoms with van der Waals surface area (Å²) < 4.78 is 0. The molecule has 1 aromatic rings. The molecule has 1 N–H and O–H groups in total. The van der Waals surface area contributed by atoms with E-state index >= 15 is 0 Å². The second-order valence-corrected chi connectivity index (χ2v) is 5.56. The molecule has 5 nitrogen and oxygen atoms in total. The average Bonchev–Trinajstić information content (AvgIpc) is 2.52. The summed E-state index contributed by atoms with van der Waals surface area (Å²) in [5, 5.41) is 9.82. The van der Waals surface area contributed by atoms with Crippen LogP contribution in [0.1, 0.15) is 24.2 Å². The van der Waals surface area contributed by atoms with Crippen molar-refractivity contribution in [2.24, 2.45) is 0 Å². The molecule has 2 rings (SSSR count). The Kier molecular flexibility index (Phi) is 3.10. The molecule has 1 heterocycles. The number of carbonyl (C=O) groups is 2. The first kappa shape index (κ1) is 13.5. The Morgan fingerprint density at radius 1 is 1.32 bits per heavy atom. The highest BCUT2D eigenvalue weighted by Gasteiger charge is 2.33. The molecule has 1 aliphatic rings. The van der Waals surface area contributed by atoms with Crippen molar-refractivity contribution in [2.75, 3.05) is 30.4 Å². The van der Waals surface area contributed by atoms with Crippen LogP contribution in [0.5, 0.6) is 0 Å². The number of benzene rings is 1. The fourth-order valence-corrected chi connectivity index (χ4v) is 2.28. The van der Waals surface area contributed by atoms with Crippen LogP contribution < -0.4 is 9.80 Å². The molecular weight excluding hydrogens is 244 g/mol. The van der Waals surface area contributed by atoms with Crippen LogP contribution in [0.15, 0.2) is 18.2 Å². The van der Waals surface area contributed by atoms with Gasteiger partial charge < -0.3 is 14.9 Å². The molecule has 0 fully saturated rings. The van der Waals surface area contributed by atoms with Crippen LogP contribution in [-0.4, -0.2) is 43.0 Å². The molecule has 1 aromatic carbocycles. The van der Waals surface area contributed by atoms with Crippen LogP contribution in [0, 0.1) is 0 Å². The van der Waals surface area contributed by atoms with Gasteiger partial charge in [-0.05, 0) is 32.0 Å². The minimum atomic E-state index is -0.814. The summed E-state index contributed by atoms with van der Waals surface area (Å²) in [6.45, 7) is 3.92. The van der Waals surface area contributed by atoms with Crippen molar-refractivity contribution in [1.82, 2.24) is 0 Å². The molecule has 0 aromatic heterocycles. The molecule has 5 heteroatoms. The Bertz CT molecular complexity index is 546. The zero-order chi connectivity index (χ0) is 14.4. The molecule has 0 atom stereocenters. The van der Waals surface area contributed by atoms with Crippen LogP contribution in [0.25, 0.3) is 0 Å². The first-order valence-corrected chi connectivity index (χ1v) is 6.10. The summed E-state index contributed by atoms with van der Waals surface area (Å²) in [5.74, 6) is -0.966. The van der Waals surface area contributed by atoms with Crippen LogP contribution in [-0.2, 0) is 4.79 Å². The summed E-state index contributed by atoms with van der Waals surface area (Å²) in [5.41, 5.74) is 1.10. The van der Waals surface area contributed by atoms with Gasteiger partial charge in [0, 0.05) is 26.3 Å². The molecule has 0 unspecified atom stereocenters. The summed E-state index contributed by atoms with van der Waals surface area (Å²) in [6, 6.07) is 5.24. The van der Waals surface area contributed by atoms with Crippen molar-refractivity contribution in [3.05, 3.63) is 23.8 Å². The predicted molar refractivity (Wildman–Crippen MR) is 73.8 cm³/mol. The summed E-state index contributed by atoms with van der Waals surface area (Å²) in [7, 11) is 3.45.